The lowest BCUT2D eigenvalue weighted by molar-refractivity contribution is 0.501. The Labute approximate surface area is 135 Å². The molecule has 120 valence electrons. The Morgan fingerprint density at radius 1 is 0.955 bits per heavy atom. The summed E-state index contributed by atoms with van der Waals surface area (Å²) in [6.07, 6.45) is 1.71. The standard InChI is InChI=1S/C12H19N9.ClH/c13-10(21-8-7-19-4-2-15-12(19)21)17-16-9-20-6-5-18-3-1-14-11(18)20;/h9H,1-8H2,(H2,13,17);1H/b16-9+;. The van der Waals surface area contributed by atoms with Gasteiger partial charge in [0.25, 0.3) is 0 Å². The second-order valence-electron chi connectivity index (χ2n) is 5.37. The van der Waals surface area contributed by atoms with Gasteiger partial charge < -0.3 is 15.5 Å². The maximum absolute atomic E-state index is 6.02. The number of hydrogen-bond acceptors (Lipinski definition) is 6. The maximum atomic E-state index is 6.02. The quantitative estimate of drug-likeness (QED) is 0.385. The molecule has 0 aliphatic carbocycles. The van der Waals surface area contributed by atoms with Crippen LogP contribution in [0.3, 0.4) is 0 Å². The smallest absolute Gasteiger partial charge is 0.223 e. The van der Waals surface area contributed by atoms with Crippen molar-refractivity contribution in [2.45, 2.75) is 0 Å². The van der Waals surface area contributed by atoms with Crippen LogP contribution in [0.4, 0.5) is 0 Å². The molecule has 0 unspecified atom stereocenters. The predicted molar refractivity (Wildman–Crippen MR) is 88.5 cm³/mol. The summed E-state index contributed by atoms with van der Waals surface area (Å²) in [5.74, 6) is 2.33. The van der Waals surface area contributed by atoms with E-state index in [1.807, 2.05) is 9.80 Å². The van der Waals surface area contributed by atoms with Crippen molar-refractivity contribution in [2.24, 2.45) is 25.9 Å². The number of hydrogen-bond donors (Lipinski definition) is 1. The third kappa shape index (κ3) is 2.45. The number of aliphatic imine (C=N–C) groups is 2. The van der Waals surface area contributed by atoms with Crippen LogP contribution in [0.15, 0.2) is 20.2 Å². The van der Waals surface area contributed by atoms with Crippen LogP contribution >= 0.6 is 12.4 Å². The monoisotopic (exact) mass is 325 g/mol. The number of nitrogens with zero attached hydrogens (tertiary/aromatic N) is 8. The van der Waals surface area contributed by atoms with Crippen LogP contribution in [0.5, 0.6) is 0 Å². The van der Waals surface area contributed by atoms with Crippen molar-refractivity contribution < 1.29 is 0 Å². The van der Waals surface area contributed by atoms with Crippen LogP contribution in [0.1, 0.15) is 0 Å². The second kappa shape index (κ2) is 5.99. The minimum absolute atomic E-state index is 0. The molecule has 4 heterocycles. The Bertz CT molecular complexity index is 555. The molecule has 0 spiro atoms. The molecule has 0 atom stereocenters. The molecule has 10 heteroatoms. The van der Waals surface area contributed by atoms with Crippen molar-refractivity contribution in [3.8, 4) is 0 Å². The lowest BCUT2D eigenvalue weighted by Crippen LogP contribution is -2.40. The first-order chi connectivity index (χ1) is 10.3. The molecule has 4 rings (SSSR count). The van der Waals surface area contributed by atoms with Crippen molar-refractivity contribution >= 4 is 36.6 Å². The lowest BCUT2D eigenvalue weighted by atomic mass is 10.5. The van der Waals surface area contributed by atoms with Gasteiger partial charge in [-0.3, -0.25) is 19.8 Å². The zero-order valence-electron chi connectivity index (χ0n) is 12.3. The molecule has 0 aromatic heterocycles. The van der Waals surface area contributed by atoms with Gasteiger partial charge >= 0.3 is 0 Å². The van der Waals surface area contributed by atoms with Crippen LogP contribution in [-0.2, 0) is 0 Å². The van der Waals surface area contributed by atoms with E-state index in [1.54, 1.807) is 6.34 Å². The average molecular weight is 326 g/mol. The minimum Gasteiger partial charge on any atom is -0.368 e. The van der Waals surface area contributed by atoms with Gasteiger partial charge in [-0.2, -0.15) is 0 Å². The molecule has 4 aliphatic rings. The first kappa shape index (κ1) is 14.9. The van der Waals surface area contributed by atoms with Gasteiger partial charge in [-0.25, -0.2) is 0 Å². The van der Waals surface area contributed by atoms with Gasteiger partial charge in [-0.05, 0) is 0 Å². The van der Waals surface area contributed by atoms with Gasteiger partial charge in [0.2, 0.25) is 17.9 Å². The van der Waals surface area contributed by atoms with E-state index in [0.29, 0.717) is 5.96 Å². The molecule has 0 bridgehead atoms. The molecule has 0 radical (unpaired) electrons. The van der Waals surface area contributed by atoms with Gasteiger partial charge in [0, 0.05) is 39.3 Å². The van der Waals surface area contributed by atoms with Gasteiger partial charge in [-0.1, -0.05) is 0 Å². The molecule has 2 fully saturated rings. The van der Waals surface area contributed by atoms with Crippen molar-refractivity contribution in [2.75, 3.05) is 52.4 Å². The Kier molecular flexibility index (Phi) is 4.06. The number of rotatable bonds is 2. The zero-order chi connectivity index (χ0) is 14.2. The first-order valence-electron chi connectivity index (χ1n) is 7.32. The van der Waals surface area contributed by atoms with E-state index in [4.69, 9.17) is 5.73 Å². The van der Waals surface area contributed by atoms with Gasteiger partial charge in [0.05, 0.1) is 13.1 Å². The predicted octanol–water partition coefficient (Wildman–Crippen LogP) is -1.36. The van der Waals surface area contributed by atoms with Crippen LogP contribution in [0.25, 0.3) is 0 Å². The minimum atomic E-state index is 0. The van der Waals surface area contributed by atoms with E-state index in [9.17, 15) is 0 Å². The summed E-state index contributed by atoms with van der Waals surface area (Å²) in [5, 5.41) is 8.23. The fourth-order valence-corrected chi connectivity index (χ4v) is 3.07. The largest absolute Gasteiger partial charge is 0.368 e. The third-order valence-corrected chi connectivity index (χ3v) is 4.14. The maximum Gasteiger partial charge on any atom is 0.223 e. The Morgan fingerprint density at radius 2 is 1.64 bits per heavy atom. The molecule has 0 aromatic rings. The summed E-state index contributed by atoms with van der Waals surface area (Å²) in [4.78, 5) is 17.3. The van der Waals surface area contributed by atoms with E-state index in [-0.39, 0.29) is 12.4 Å². The lowest BCUT2D eigenvalue weighted by Gasteiger charge is -2.16. The highest BCUT2D eigenvalue weighted by Crippen LogP contribution is 2.13. The molecule has 4 aliphatic heterocycles. The van der Waals surface area contributed by atoms with Gasteiger partial charge in [0.15, 0.2) is 0 Å². The fraction of sp³-hybridized carbons (Fsp3) is 0.667. The van der Waals surface area contributed by atoms with E-state index >= 15 is 0 Å². The number of fused-ring (bicyclic) bond motifs is 2. The molecule has 0 amide bonds. The molecule has 22 heavy (non-hydrogen) atoms. The zero-order valence-corrected chi connectivity index (χ0v) is 13.1. The molecule has 0 saturated carbocycles. The Hall–Kier alpha value is -2.03. The topological polar surface area (TPSA) is 88.4 Å². The van der Waals surface area contributed by atoms with Crippen molar-refractivity contribution in [3.05, 3.63) is 0 Å². The van der Waals surface area contributed by atoms with Crippen LogP contribution < -0.4 is 5.73 Å². The van der Waals surface area contributed by atoms with Crippen LogP contribution in [0, 0.1) is 0 Å². The molecule has 2 saturated heterocycles. The summed E-state index contributed by atoms with van der Waals surface area (Å²) >= 11 is 0. The molecule has 9 nitrogen and oxygen atoms in total. The normalized spacial score (nSPS) is 23.9. The molecule has 0 aromatic carbocycles. The van der Waals surface area contributed by atoms with E-state index in [2.05, 4.69) is 30.0 Å². The van der Waals surface area contributed by atoms with E-state index in [0.717, 1.165) is 64.3 Å². The molecular weight excluding hydrogens is 306 g/mol. The van der Waals surface area contributed by atoms with Crippen molar-refractivity contribution in [1.82, 2.24) is 19.6 Å². The van der Waals surface area contributed by atoms with E-state index < -0.39 is 0 Å². The second-order valence-corrected chi connectivity index (χ2v) is 5.37. The first-order valence-corrected chi connectivity index (χ1v) is 7.32. The summed E-state index contributed by atoms with van der Waals surface area (Å²) in [5.41, 5.74) is 6.02. The summed E-state index contributed by atoms with van der Waals surface area (Å²) in [6, 6.07) is 0. The van der Waals surface area contributed by atoms with E-state index in [1.165, 1.54) is 0 Å². The fourth-order valence-electron chi connectivity index (χ4n) is 3.07. The molecule has 2 N–H and O–H groups in total. The summed E-state index contributed by atoms with van der Waals surface area (Å²) in [7, 11) is 0. The van der Waals surface area contributed by atoms with Crippen molar-refractivity contribution in [1.29, 1.82) is 0 Å². The average Bonchev–Trinajstić information content (AvgIpc) is 3.20. The Balaban J connectivity index is 0.00000144. The number of guanidine groups is 3. The summed E-state index contributed by atoms with van der Waals surface area (Å²) in [6.45, 7) is 7.38. The van der Waals surface area contributed by atoms with Gasteiger partial charge in [-0.15, -0.1) is 22.6 Å². The highest BCUT2D eigenvalue weighted by Gasteiger charge is 2.31. The SMILES string of the molecule is Cl.N/C(=N/N=C/N1CCN2CCN=C12)N1CCN2CCN=C21. The van der Waals surface area contributed by atoms with Crippen LogP contribution in [-0.4, -0.2) is 96.2 Å². The van der Waals surface area contributed by atoms with Crippen LogP contribution in [0.2, 0.25) is 0 Å². The van der Waals surface area contributed by atoms with Gasteiger partial charge in [0.1, 0.15) is 6.34 Å². The summed E-state index contributed by atoms with van der Waals surface area (Å²) < 4.78 is 0. The third-order valence-electron chi connectivity index (χ3n) is 4.14. The highest BCUT2D eigenvalue weighted by molar-refractivity contribution is 6.00. The number of nitrogens with two attached hydrogens (primary N) is 1. The highest BCUT2D eigenvalue weighted by atomic mass is 35.5. The molecular formula is C12H20ClN9. The Morgan fingerprint density at radius 3 is 2.45 bits per heavy atom. The van der Waals surface area contributed by atoms with Crippen molar-refractivity contribution in [3.63, 3.8) is 0 Å². The number of halogens is 1.